The first-order chi connectivity index (χ1) is 7.19. The van der Waals surface area contributed by atoms with Crippen LogP contribution in [0.3, 0.4) is 0 Å². The molecule has 0 saturated heterocycles. The molecule has 1 aliphatic rings. The molecule has 2 amide bonds. The molecule has 0 N–H and O–H groups in total. The summed E-state index contributed by atoms with van der Waals surface area (Å²) >= 11 is 0. The number of carbonyl (C=O) groups is 2. The van der Waals surface area contributed by atoms with E-state index in [1.165, 1.54) is 17.1 Å². The zero-order valence-corrected chi connectivity index (χ0v) is 10.7. The van der Waals surface area contributed by atoms with E-state index in [4.69, 9.17) is 0 Å². The minimum atomic E-state index is -0.451. The van der Waals surface area contributed by atoms with Gasteiger partial charge in [0.05, 0.1) is 0 Å². The van der Waals surface area contributed by atoms with Gasteiger partial charge >= 0.3 is 0 Å². The van der Waals surface area contributed by atoms with Gasteiger partial charge in [-0.25, -0.2) is 0 Å². The van der Waals surface area contributed by atoms with Crippen LogP contribution in [0.25, 0.3) is 0 Å². The second kappa shape index (κ2) is 4.08. The molecule has 0 spiro atoms. The highest BCUT2D eigenvalue weighted by Gasteiger charge is 2.40. The Balaban J connectivity index is 2.86. The topological polar surface area (TPSA) is 37.4 Å². The van der Waals surface area contributed by atoms with Gasteiger partial charge in [0.1, 0.15) is 7.28 Å². The molecule has 0 atom stereocenters. The average molecular weight is 220 g/mol. The normalized spacial score (nSPS) is 17.2. The summed E-state index contributed by atoms with van der Waals surface area (Å²) in [5.74, 6) is -0.413. The molecule has 0 fully saturated rings. The number of amides is 2. The molecular weight excluding hydrogens is 201 g/mol. The molecule has 3 nitrogen and oxygen atoms in total. The molecular formula is C12H19BNO2. The van der Waals surface area contributed by atoms with Gasteiger partial charge in [-0.2, -0.15) is 0 Å². The van der Waals surface area contributed by atoms with Gasteiger partial charge in [0.2, 0.25) is 0 Å². The molecule has 4 heteroatoms. The minimum Gasteiger partial charge on any atom is -0.270 e. The maximum absolute atomic E-state index is 11.6. The standard InChI is InChI=1S/C12H19BNO2/c1-11(2,13-5)8-12(3,4)14-9(15)6-7-10(14)16/h6-7H,8H2,1-5H3. The van der Waals surface area contributed by atoms with Gasteiger partial charge in [-0.1, -0.05) is 26.0 Å². The van der Waals surface area contributed by atoms with Crippen LogP contribution >= 0.6 is 0 Å². The van der Waals surface area contributed by atoms with E-state index in [2.05, 4.69) is 21.1 Å². The van der Waals surface area contributed by atoms with Crippen LogP contribution in [0.1, 0.15) is 34.1 Å². The van der Waals surface area contributed by atoms with E-state index in [0.717, 1.165) is 6.42 Å². The third-order valence-electron chi connectivity index (χ3n) is 3.08. The Morgan fingerprint density at radius 1 is 1.12 bits per heavy atom. The van der Waals surface area contributed by atoms with Crippen molar-refractivity contribution in [2.24, 2.45) is 0 Å². The Bertz CT molecular complexity index is 327. The van der Waals surface area contributed by atoms with E-state index in [1.54, 1.807) is 0 Å². The van der Waals surface area contributed by atoms with Gasteiger partial charge in [0.15, 0.2) is 0 Å². The van der Waals surface area contributed by atoms with Crippen LogP contribution in [0.5, 0.6) is 0 Å². The Kier molecular flexibility index (Phi) is 3.31. The van der Waals surface area contributed by atoms with Crippen molar-refractivity contribution >= 4 is 19.1 Å². The lowest BCUT2D eigenvalue weighted by Crippen LogP contribution is -2.49. The van der Waals surface area contributed by atoms with Crippen molar-refractivity contribution in [1.82, 2.24) is 4.90 Å². The quantitative estimate of drug-likeness (QED) is 0.537. The fourth-order valence-electron chi connectivity index (χ4n) is 2.29. The van der Waals surface area contributed by atoms with Crippen LogP contribution in [0, 0.1) is 0 Å². The van der Waals surface area contributed by atoms with E-state index in [0.29, 0.717) is 0 Å². The van der Waals surface area contributed by atoms with Crippen molar-refractivity contribution in [2.75, 3.05) is 0 Å². The molecule has 0 saturated carbocycles. The Morgan fingerprint density at radius 2 is 1.56 bits per heavy atom. The summed E-state index contributed by atoms with van der Waals surface area (Å²) in [6.07, 6.45) is 3.44. The van der Waals surface area contributed by atoms with E-state index >= 15 is 0 Å². The van der Waals surface area contributed by atoms with Gasteiger partial charge < -0.3 is 0 Å². The van der Waals surface area contributed by atoms with Gasteiger partial charge in [-0.05, 0) is 20.3 Å². The molecule has 0 aromatic rings. The zero-order chi connectivity index (χ0) is 12.6. The Hall–Kier alpha value is -1.06. The SMILES string of the molecule is C[B]C(C)(C)CC(C)(C)N1C(=O)C=CC1=O. The van der Waals surface area contributed by atoms with Crippen molar-refractivity contribution in [3.05, 3.63) is 12.2 Å². The first-order valence-corrected chi connectivity index (χ1v) is 5.56. The lowest BCUT2D eigenvalue weighted by Gasteiger charge is -2.39. The minimum absolute atomic E-state index is 0.00660. The first-order valence-electron chi connectivity index (χ1n) is 5.56. The number of rotatable bonds is 4. The monoisotopic (exact) mass is 220 g/mol. The molecule has 87 valence electrons. The summed E-state index contributed by atoms with van der Waals surface area (Å²) < 4.78 is 0. The lowest BCUT2D eigenvalue weighted by molar-refractivity contribution is -0.143. The molecule has 1 radical (unpaired) electrons. The molecule has 1 rings (SSSR count). The maximum atomic E-state index is 11.6. The fourth-order valence-corrected chi connectivity index (χ4v) is 2.29. The highest BCUT2D eigenvalue weighted by molar-refractivity contribution is 6.37. The summed E-state index contributed by atoms with van der Waals surface area (Å²) in [6, 6.07) is 0. The third kappa shape index (κ3) is 2.54. The predicted octanol–water partition coefficient (Wildman–Crippen LogP) is 2.03. The van der Waals surface area contributed by atoms with E-state index in [1.807, 2.05) is 20.7 Å². The summed E-state index contributed by atoms with van der Waals surface area (Å²) in [7, 11) is 2.10. The van der Waals surface area contributed by atoms with Crippen LogP contribution in [-0.4, -0.2) is 29.5 Å². The average Bonchev–Trinajstić information content (AvgIpc) is 2.44. The molecule has 0 bridgehead atoms. The smallest absolute Gasteiger partial charge is 0.254 e. The van der Waals surface area contributed by atoms with E-state index in [-0.39, 0.29) is 17.1 Å². The highest BCUT2D eigenvalue weighted by Crippen LogP contribution is 2.37. The van der Waals surface area contributed by atoms with Crippen LogP contribution in [0.15, 0.2) is 12.2 Å². The molecule has 1 aliphatic heterocycles. The second-order valence-corrected chi connectivity index (χ2v) is 5.61. The van der Waals surface area contributed by atoms with Crippen molar-refractivity contribution in [3.8, 4) is 0 Å². The van der Waals surface area contributed by atoms with Crippen molar-refractivity contribution in [1.29, 1.82) is 0 Å². The molecule has 0 aromatic heterocycles. The van der Waals surface area contributed by atoms with Crippen molar-refractivity contribution in [2.45, 2.75) is 51.8 Å². The summed E-state index contributed by atoms with van der Waals surface area (Å²) in [4.78, 5) is 24.6. The molecule has 0 aliphatic carbocycles. The van der Waals surface area contributed by atoms with Crippen LogP contribution in [-0.2, 0) is 9.59 Å². The molecule has 0 aromatic carbocycles. The van der Waals surface area contributed by atoms with Gasteiger partial charge in [0, 0.05) is 17.7 Å². The number of nitrogens with zero attached hydrogens (tertiary/aromatic N) is 1. The second-order valence-electron chi connectivity index (χ2n) is 5.61. The Morgan fingerprint density at radius 3 is 1.94 bits per heavy atom. The van der Waals surface area contributed by atoms with Crippen LogP contribution in [0.4, 0.5) is 0 Å². The summed E-state index contributed by atoms with van der Waals surface area (Å²) in [6.45, 7) is 10.1. The van der Waals surface area contributed by atoms with Crippen molar-refractivity contribution in [3.63, 3.8) is 0 Å². The van der Waals surface area contributed by atoms with Crippen molar-refractivity contribution < 1.29 is 9.59 Å². The largest absolute Gasteiger partial charge is 0.270 e. The van der Waals surface area contributed by atoms with Crippen LogP contribution in [0.2, 0.25) is 12.1 Å². The molecule has 1 heterocycles. The maximum Gasteiger partial charge on any atom is 0.254 e. The van der Waals surface area contributed by atoms with E-state index < -0.39 is 5.54 Å². The zero-order valence-electron chi connectivity index (χ0n) is 10.7. The first kappa shape index (κ1) is 13.0. The third-order valence-corrected chi connectivity index (χ3v) is 3.08. The fraction of sp³-hybridized carbons (Fsp3) is 0.667. The number of carbonyl (C=O) groups excluding carboxylic acids is 2. The van der Waals surface area contributed by atoms with Gasteiger partial charge in [-0.3, -0.25) is 14.5 Å². The molecule has 16 heavy (non-hydrogen) atoms. The van der Waals surface area contributed by atoms with Gasteiger partial charge in [-0.15, -0.1) is 0 Å². The summed E-state index contributed by atoms with van der Waals surface area (Å²) in [5, 5.41) is 0.00660. The van der Waals surface area contributed by atoms with Crippen LogP contribution < -0.4 is 0 Å². The van der Waals surface area contributed by atoms with E-state index in [9.17, 15) is 9.59 Å². The number of hydrogen-bond acceptors (Lipinski definition) is 2. The lowest BCUT2D eigenvalue weighted by atomic mass is 9.52. The summed E-state index contributed by atoms with van der Waals surface area (Å²) in [5.41, 5.74) is -0.451. The Labute approximate surface area is 98.1 Å². The molecule has 0 unspecified atom stereocenters. The predicted molar refractivity (Wildman–Crippen MR) is 65.3 cm³/mol. The number of imide groups is 1. The highest BCUT2D eigenvalue weighted by atomic mass is 16.2. The van der Waals surface area contributed by atoms with Gasteiger partial charge in [0.25, 0.3) is 11.8 Å². The number of hydrogen-bond donors (Lipinski definition) is 0.